The van der Waals surface area contributed by atoms with Gasteiger partial charge in [0.2, 0.25) is 5.95 Å². The Kier molecular flexibility index (Phi) is 3.07. The van der Waals surface area contributed by atoms with Crippen molar-refractivity contribution < 1.29 is 0 Å². The predicted molar refractivity (Wildman–Crippen MR) is 75.3 cm³/mol. The van der Waals surface area contributed by atoms with E-state index in [1.807, 2.05) is 6.92 Å². The first kappa shape index (κ1) is 12.6. The van der Waals surface area contributed by atoms with Crippen molar-refractivity contribution in [1.82, 2.24) is 9.97 Å². The minimum atomic E-state index is 0.165. The summed E-state index contributed by atoms with van der Waals surface area (Å²) in [6.45, 7) is 8.61. The van der Waals surface area contributed by atoms with Crippen molar-refractivity contribution in [3.05, 3.63) is 41.6 Å². The van der Waals surface area contributed by atoms with Crippen LogP contribution in [-0.2, 0) is 5.41 Å². The monoisotopic (exact) mass is 241 g/mol. The van der Waals surface area contributed by atoms with Crippen LogP contribution in [-0.4, -0.2) is 9.97 Å². The molecule has 2 N–H and O–H groups in total. The molecule has 0 aliphatic carbocycles. The van der Waals surface area contributed by atoms with E-state index in [-0.39, 0.29) is 5.41 Å². The zero-order valence-electron chi connectivity index (χ0n) is 11.4. The van der Waals surface area contributed by atoms with E-state index in [9.17, 15) is 0 Å². The molecule has 0 amide bonds. The molecule has 0 aliphatic heterocycles. The normalized spacial score (nSPS) is 11.6. The van der Waals surface area contributed by atoms with Gasteiger partial charge < -0.3 is 5.73 Å². The molecule has 1 aromatic carbocycles. The molecule has 3 heteroatoms. The molecule has 0 aliphatic rings. The van der Waals surface area contributed by atoms with Gasteiger partial charge in [0, 0.05) is 11.8 Å². The minimum Gasteiger partial charge on any atom is -0.368 e. The van der Waals surface area contributed by atoms with E-state index in [0.717, 1.165) is 16.8 Å². The highest BCUT2D eigenvalue weighted by atomic mass is 15.0. The summed E-state index contributed by atoms with van der Waals surface area (Å²) >= 11 is 0. The zero-order valence-corrected chi connectivity index (χ0v) is 11.4. The van der Waals surface area contributed by atoms with Crippen LogP contribution in [0.2, 0.25) is 0 Å². The quantitative estimate of drug-likeness (QED) is 0.833. The highest BCUT2D eigenvalue weighted by molar-refractivity contribution is 5.63. The van der Waals surface area contributed by atoms with Crippen LogP contribution in [0.15, 0.2) is 30.5 Å². The van der Waals surface area contributed by atoms with Crippen LogP contribution in [0.5, 0.6) is 0 Å². The summed E-state index contributed by atoms with van der Waals surface area (Å²) in [5.41, 5.74) is 10.1. The largest absolute Gasteiger partial charge is 0.368 e. The number of hydrogen-bond donors (Lipinski definition) is 1. The lowest BCUT2D eigenvalue weighted by molar-refractivity contribution is 0.590. The fourth-order valence-electron chi connectivity index (χ4n) is 1.88. The van der Waals surface area contributed by atoms with Crippen molar-refractivity contribution in [2.75, 3.05) is 5.73 Å². The molecule has 1 aromatic heterocycles. The summed E-state index contributed by atoms with van der Waals surface area (Å²) in [5.74, 6) is 0.315. The van der Waals surface area contributed by atoms with Gasteiger partial charge in [-0.1, -0.05) is 45.0 Å². The number of aryl methyl sites for hydroxylation is 1. The summed E-state index contributed by atoms with van der Waals surface area (Å²) < 4.78 is 0. The molecule has 0 spiro atoms. The lowest BCUT2D eigenvalue weighted by Crippen LogP contribution is -2.10. The van der Waals surface area contributed by atoms with Gasteiger partial charge in [-0.25, -0.2) is 9.97 Å². The Morgan fingerprint density at radius 1 is 1.06 bits per heavy atom. The maximum Gasteiger partial charge on any atom is 0.220 e. The number of aromatic nitrogens is 2. The molecule has 0 fully saturated rings. The first-order valence-electron chi connectivity index (χ1n) is 6.08. The first-order valence-corrected chi connectivity index (χ1v) is 6.08. The predicted octanol–water partition coefficient (Wildman–Crippen LogP) is 3.33. The molecule has 94 valence electrons. The van der Waals surface area contributed by atoms with E-state index >= 15 is 0 Å². The molecule has 18 heavy (non-hydrogen) atoms. The van der Waals surface area contributed by atoms with Crippen LogP contribution in [0.3, 0.4) is 0 Å². The fraction of sp³-hybridized carbons (Fsp3) is 0.333. The molecule has 0 unspecified atom stereocenters. The topological polar surface area (TPSA) is 51.8 Å². The number of rotatable bonds is 1. The second kappa shape index (κ2) is 4.41. The molecule has 2 rings (SSSR count). The number of benzene rings is 1. The minimum absolute atomic E-state index is 0.165. The van der Waals surface area contributed by atoms with E-state index in [0.29, 0.717) is 5.95 Å². The Labute approximate surface area is 108 Å². The van der Waals surface area contributed by atoms with Crippen molar-refractivity contribution in [2.24, 2.45) is 0 Å². The van der Waals surface area contributed by atoms with E-state index in [1.165, 1.54) is 5.56 Å². The maximum atomic E-state index is 5.64. The zero-order chi connectivity index (χ0) is 13.3. The van der Waals surface area contributed by atoms with E-state index in [1.54, 1.807) is 6.20 Å². The molecule has 0 saturated heterocycles. The summed E-state index contributed by atoms with van der Waals surface area (Å²) in [6, 6.07) is 8.48. The number of nitrogen functional groups attached to an aromatic ring is 1. The summed E-state index contributed by atoms with van der Waals surface area (Å²) in [7, 11) is 0. The van der Waals surface area contributed by atoms with Gasteiger partial charge in [0.1, 0.15) is 0 Å². The molecular formula is C15H19N3. The standard InChI is InChI=1S/C15H19N3/c1-10-9-17-14(16)18-13(10)11-5-7-12(8-6-11)15(2,3)4/h5-9H,1-4H3,(H2,16,17,18). The Bertz CT molecular complexity index is 551. The van der Waals surface area contributed by atoms with Crippen molar-refractivity contribution in [2.45, 2.75) is 33.1 Å². The van der Waals surface area contributed by atoms with Crippen LogP contribution in [0.1, 0.15) is 31.9 Å². The number of anilines is 1. The summed E-state index contributed by atoms with van der Waals surface area (Å²) in [6.07, 6.45) is 1.76. The lowest BCUT2D eigenvalue weighted by atomic mass is 9.86. The maximum absolute atomic E-state index is 5.64. The highest BCUT2D eigenvalue weighted by Gasteiger charge is 2.13. The highest BCUT2D eigenvalue weighted by Crippen LogP contribution is 2.26. The van der Waals surface area contributed by atoms with Gasteiger partial charge >= 0.3 is 0 Å². The van der Waals surface area contributed by atoms with Gasteiger partial charge in [0.25, 0.3) is 0 Å². The average Bonchev–Trinajstić information content (AvgIpc) is 2.31. The lowest BCUT2D eigenvalue weighted by Gasteiger charge is -2.19. The third-order valence-electron chi connectivity index (χ3n) is 3.01. The van der Waals surface area contributed by atoms with Crippen molar-refractivity contribution in [1.29, 1.82) is 0 Å². The van der Waals surface area contributed by atoms with E-state index < -0.39 is 0 Å². The SMILES string of the molecule is Cc1cnc(N)nc1-c1ccc(C(C)(C)C)cc1. The molecular weight excluding hydrogens is 222 g/mol. The average molecular weight is 241 g/mol. The van der Waals surface area contributed by atoms with Crippen molar-refractivity contribution in [3.63, 3.8) is 0 Å². The van der Waals surface area contributed by atoms with E-state index in [2.05, 4.69) is 55.0 Å². The molecule has 0 radical (unpaired) electrons. The van der Waals surface area contributed by atoms with Gasteiger partial charge in [0.15, 0.2) is 0 Å². The van der Waals surface area contributed by atoms with Gasteiger partial charge in [-0.15, -0.1) is 0 Å². The Morgan fingerprint density at radius 2 is 1.67 bits per heavy atom. The third kappa shape index (κ3) is 2.50. The Hall–Kier alpha value is -1.90. The summed E-state index contributed by atoms with van der Waals surface area (Å²) in [4.78, 5) is 8.29. The molecule has 0 bridgehead atoms. The van der Waals surface area contributed by atoms with Gasteiger partial charge in [-0.3, -0.25) is 0 Å². The van der Waals surface area contributed by atoms with Crippen molar-refractivity contribution >= 4 is 5.95 Å². The molecule has 2 aromatic rings. The second-order valence-electron chi connectivity index (χ2n) is 5.59. The van der Waals surface area contributed by atoms with Crippen LogP contribution >= 0.6 is 0 Å². The number of nitrogens with two attached hydrogens (primary N) is 1. The number of nitrogens with zero attached hydrogens (tertiary/aromatic N) is 2. The van der Waals surface area contributed by atoms with Gasteiger partial charge in [0.05, 0.1) is 5.69 Å². The summed E-state index contributed by atoms with van der Waals surface area (Å²) in [5, 5.41) is 0. The van der Waals surface area contributed by atoms with Crippen molar-refractivity contribution in [3.8, 4) is 11.3 Å². The second-order valence-corrected chi connectivity index (χ2v) is 5.59. The van der Waals surface area contributed by atoms with Gasteiger partial charge in [-0.2, -0.15) is 0 Å². The Morgan fingerprint density at radius 3 is 2.22 bits per heavy atom. The first-order chi connectivity index (χ1) is 8.38. The number of hydrogen-bond acceptors (Lipinski definition) is 3. The Balaban J connectivity index is 2.43. The fourth-order valence-corrected chi connectivity index (χ4v) is 1.88. The third-order valence-corrected chi connectivity index (χ3v) is 3.01. The van der Waals surface area contributed by atoms with E-state index in [4.69, 9.17) is 5.73 Å². The molecule has 0 atom stereocenters. The van der Waals surface area contributed by atoms with Gasteiger partial charge in [-0.05, 0) is 23.5 Å². The molecule has 3 nitrogen and oxygen atoms in total. The van der Waals surface area contributed by atoms with Crippen LogP contribution < -0.4 is 5.73 Å². The molecule has 0 saturated carbocycles. The van der Waals surface area contributed by atoms with Crippen LogP contribution in [0, 0.1) is 6.92 Å². The van der Waals surface area contributed by atoms with Crippen LogP contribution in [0.25, 0.3) is 11.3 Å². The smallest absolute Gasteiger partial charge is 0.220 e. The molecule has 1 heterocycles. The van der Waals surface area contributed by atoms with Crippen LogP contribution in [0.4, 0.5) is 5.95 Å².